The van der Waals surface area contributed by atoms with Gasteiger partial charge in [0.25, 0.3) is 11.5 Å². The lowest BCUT2D eigenvalue weighted by molar-refractivity contribution is -0.147. The number of amides is 1. The number of aryl methyl sites for hydroxylation is 1. The Morgan fingerprint density at radius 2 is 1.96 bits per heavy atom. The van der Waals surface area contributed by atoms with E-state index in [1.165, 1.54) is 29.6 Å². The van der Waals surface area contributed by atoms with Crippen molar-refractivity contribution in [3.63, 3.8) is 0 Å². The second-order valence-electron chi connectivity index (χ2n) is 5.97. The maximum absolute atomic E-state index is 12.3. The number of benzene rings is 1. The molecular formula is C17H16BrN5O5. The van der Waals surface area contributed by atoms with Crippen LogP contribution in [0.15, 0.2) is 44.7 Å². The molecule has 1 N–H and O–H groups in total. The molecule has 28 heavy (non-hydrogen) atoms. The number of carbonyl (C=O) groups excluding carboxylic acids is 2. The van der Waals surface area contributed by atoms with E-state index in [4.69, 9.17) is 4.74 Å². The number of imidazole rings is 1. The molecule has 11 heteroatoms. The van der Waals surface area contributed by atoms with Crippen molar-refractivity contribution >= 4 is 44.7 Å². The predicted octanol–water partition coefficient (Wildman–Crippen LogP) is 0.378. The van der Waals surface area contributed by atoms with Crippen molar-refractivity contribution < 1.29 is 14.3 Å². The largest absolute Gasteiger partial charge is 0.454 e. The van der Waals surface area contributed by atoms with Crippen molar-refractivity contribution in [1.29, 1.82) is 0 Å². The molecule has 10 nitrogen and oxygen atoms in total. The highest BCUT2D eigenvalue weighted by molar-refractivity contribution is 9.10. The highest BCUT2D eigenvalue weighted by Crippen LogP contribution is 2.15. The zero-order chi connectivity index (χ0) is 20.4. The smallest absolute Gasteiger partial charge is 0.332 e. The summed E-state index contributed by atoms with van der Waals surface area (Å²) in [7, 11) is 2.82. The fraction of sp³-hybridized carbons (Fsp3) is 0.235. The standard InChI is InChI=1S/C17H16BrN5O5/c1-21-15-14(16(26)22(2)17(21)27)23(9-19-15)7-13(25)28-8-12(24)20-11-5-3-4-10(18)6-11/h3-6,9H,7-8H2,1-2H3,(H,20,24). The molecule has 0 aliphatic heterocycles. The van der Waals surface area contributed by atoms with Crippen molar-refractivity contribution in [1.82, 2.24) is 18.7 Å². The fourth-order valence-corrected chi connectivity index (χ4v) is 3.01. The Kier molecular flexibility index (Phi) is 5.45. The maximum atomic E-state index is 12.3. The van der Waals surface area contributed by atoms with Crippen LogP contribution in [0.5, 0.6) is 0 Å². The van der Waals surface area contributed by atoms with Gasteiger partial charge in [-0.1, -0.05) is 22.0 Å². The van der Waals surface area contributed by atoms with Gasteiger partial charge < -0.3 is 14.6 Å². The number of halogens is 1. The number of nitrogens with one attached hydrogen (secondary N) is 1. The van der Waals surface area contributed by atoms with Crippen LogP contribution in [0.1, 0.15) is 0 Å². The van der Waals surface area contributed by atoms with E-state index in [9.17, 15) is 19.2 Å². The minimum absolute atomic E-state index is 0.0973. The summed E-state index contributed by atoms with van der Waals surface area (Å²) in [6, 6.07) is 6.97. The number of nitrogens with zero attached hydrogens (tertiary/aromatic N) is 4. The second-order valence-corrected chi connectivity index (χ2v) is 6.89. The van der Waals surface area contributed by atoms with Gasteiger partial charge in [-0.15, -0.1) is 0 Å². The first-order valence-corrected chi connectivity index (χ1v) is 8.89. The van der Waals surface area contributed by atoms with Crippen LogP contribution >= 0.6 is 15.9 Å². The van der Waals surface area contributed by atoms with Crippen molar-refractivity contribution in [2.75, 3.05) is 11.9 Å². The SMILES string of the molecule is Cn1c(=O)c2c(ncn2CC(=O)OCC(=O)Nc2cccc(Br)c2)n(C)c1=O. The molecule has 0 spiro atoms. The minimum Gasteiger partial charge on any atom is -0.454 e. The van der Waals surface area contributed by atoms with E-state index in [0.29, 0.717) is 5.69 Å². The molecule has 0 bridgehead atoms. The van der Waals surface area contributed by atoms with E-state index in [0.717, 1.165) is 9.04 Å². The van der Waals surface area contributed by atoms with E-state index in [-0.39, 0.29) is 17.7 Å². The minimum atomic E-state index is -0.723. The summed E-state index contributed by atoms with van der Waals surface area (Å²) in [5.74, 6) is -1.22. The molecule has 3 aromatic rings. The molecule has 0 radical (unpaired) electrons. The molecule has 0 aliphatic carbocycles. The molecule has 0 aliphatic rings. The van der Waals surface area contributed by atoms with Crippen LogP contribution in [-0.2, 0) is 35.0 Å². The van der Waals surface area contributed by atoms with Crippen LogP contribution in [0.25, 0.3) is 11.2 Å². The summed E-state index contributed by atoms with van der Waals surface area (Å²) >= 11 is 3.29. The summed E-state index contributed by atoms with van der Waals surface area (Å²) in [4.78, 5) is 52.3. The first kappa shape index (κ1) is 19.5. The van der Waals surface area contributed by atoms with Crippen molar-refractivity contribution in [3.8, 4) is 0 Å². The Hall–Kier alpha value is -3.21. The van der Waals surface area contributed by atoms with Gasteiger partial charge in [0.05, 0.1) is 6.33 Å². The van der Waals surface area contributed by atoms with E-state index in [2.05, 4.69) is 26.2 Å². The quantitative estimate of drug-likeness (QED) is 0.562. The summed E-state index contributed by atoms with van der Waals surface area (Å²) < 4.78 is 9.18. The Morgan fingerprint density at radius 3 is 2.68 bits per heavy atom. The molecule has 3 rings (SSSR count). The third kappa shape index (κ3) is 3.88. The van der Waals surface area contributed by atoms with E-state index in [1.54, 1.807) is 18.2 Å². The Morgan fingerprint density at radius 1 is 1.21 bits per heavy atom. The Labute approximate surface area is 166 Å². The molecule has 2 aromatic heterocycles. The molecule has 0 fully saturated rings. The number of carbonyl (C=O) groups is 2. The normalized spacial score (nSPS) is 10.8. The average Bonchev–Trinajstić information content (AvgIpc) is 3.06. The van der Waals surface area contributed by atoms with Gasteiger partial charge >= 0.3 is 11.7 Å². The molecule has 0 unspecified atom stereocenters. The highest BCUT2D eigenvalue weighted by Gasteiger charge is 2.17. The topological polar surface area (TPSA) is 117 Å². The zero-order valence-corrected chi connectivity index (χ0v) is 16.6. The van der Waals surface area contributed by atoms with Crippen molar-refractivity contribution in [3.05, 3.63) is 55.9 Å². The van der Waals surface area contributed by atoms with E-state index in [1.807, 2.05) is 6.07 Å². The van der Waals surface area contributed by atoms with Crippen LogP contribution in [-0.4, -0.2) is 37.2 Å². The monoisotopic (exact) mass is 449 g/mol. The van der Waals surface area contributed by atoms with Gasteiger partial charge in [0.1, 0.15) is 6.54 Å². The third-order valence-electron chi connectivity index (χ3n) is 3.99. The molecule has 2 heterocycles. The fourth-order valence-electron chi connectivity index (χ4n) is 2.61. The lowest BCUT2D eigenvalue weighted by atomic mass is 10.3. The number of fused-ring (bicyclic) bond motifs is 1. The lowest BCUT2D eigenvalue weighted by Crippen LogP contribution is -2.37. The number of aromatic nitrogens is 4. The van der Waals surface area contributed by atoms with Gasteiger partial charge in [0, 0.05) is 24.3 Å². The van der Waals surface area contributed by atoms with Gasteiger partial charge in [0.2, 0.25) is 0 Å². The Balaban J connectivity index is 1.68. The second kappa shape index (κ2) is 7.80. The first-order valence-electron chi connectivity index (χ1n) is 8.10. The highest BCUT2D eigenvalue weighted by atomic mass is 79.9. The van der Waals surface area contributed by atoms with Gasteiger partial charge in [-0.05, 0) is 18.2 Å². The number of esters is 1. The van der Waals surface area contributed by atoms with Gasteiger partial charge in [0.15, 0.2) is 17.8 Å². The lowest BCUT2D eigenvalue weighted by Gasteiger charge is -2.08. The molecule has 1 amide bonds. The average molecular weight is 450 g/mol. The van der Waals surface area contributed by atoms with Gasteiger partial charge in [-0.2, -0.15) is 0 Å². The van der Waals surface area contributed by atoms with Crippen molar-refractivity contribution in [2.45, 2.75) is 6.54 Å². The van der Waals surface area contributed by atoms with Crippen LogP contribution in [0, 0.1) is 0 Å². The van der Waals surface area contributed by atoms with Crippen LogP contribution in [0.2, 0.25) is 0 Å². The van der Waals surface area contributed by atoms with Crippen LogP contribution in [0.3, 0.4) is 0 Å². The summed E-state index contributed by atoms with van der Waals surface area (Å²) in [5, 5.41) is 2.60. The molecule has 0 atom stereocenters. The number of rotatable bonds is 5. The van der Waals surface area contributed by atoms with Crippen LogP contribution < -0.4 is 16.6 Å². The number of hydrogen-bond donors (Lipinski definition) is 1. The van der Waals surface area contributed by atoms with Crippen molar-refractivity contribution in [2.24, 2.45) is 14.1 Å². The predicted molar refractivity (Wildman–Crippen MR) is 104 cm³/mol. The molecule has 0 saturated carbocycles. The first-order chi connectivity index (χ1) is 13.3. The maximum Gasteiger partial charge on any atom is 0.332 e. The molecule has 1 aromatic carbocycles. The van der Waals surface area contributed by atoms with E-state index < -0.39 is 29.7 Å². The number of hydrogen-bond acceptors (Lipinski definition) is 6. The number of ether oxygens (including phenoxy) is 1. The van der Waals surface area contributed by atoms with Crippen LogP contribution in [0.4, 0.5) is 5.69 Å². The third-order valence-corrected chi connectivity index (χ3v) is 4.48. The summed E-state index contributed by atoms with van der Waals surface area (Å²) in [6.07, 6.45) is 1.27. The number of anilines is 1. The van der Waals surface area contributed by atoms with E-state index >= 15 is 0 Å². The molecule has 146 valence electrons. The van der Waals surface area contributed by atoms with Gasteiger partial charge in [-0.3, -0.25) is 23.5 Å². The molecule has 0 saturated heterocycles. The Bertz CT molecular complexity index is 1190. The van der Waals surface area contributed by atoms with Gasteiger partial charge in [-0.25, -0.2) is 9.78 Å². The molecular weight excluding hydrogens is 434 g/mol. The zero-order valence-electron chi connectivity index (χ0n) is 15.0. The summed E-state index contributed by atoms with van der Waals surface area (Å²) in [6.45, 7) is -0.803. The summed E-state index contributed by atoms with van der Waals surface area (Å²) in [5.41, 5.74) is -0.278.